The number of benzene rings is 1. The predicted molar refractivity (Wildman–Crippen MR) is 67.1 cm³/mol. The maximum atomic E-state index is 9.51. The van der Waals surface area contributed by atoms with Crippen molar-refractivity contribution in [2.45, 2.75) is 18.9 Å². The van der Waals surface area contributed by atoms with Crippen molar-refractivity contribution >= 4 is 23.2 Å². The van der Waals surface area contributed by atoms with Gasteiger partial charge < -0.3 is 5.11 Å². The van der Waals surface area contributed by atoms with E-state index in [1.807, 2.05) is 12.1 Å². The zero-order valence-corrected chi connectivity index (χ0v) is 10.5. The molecular formula is C12H15Cl2NO. The average Bonchev–Trinajstić information content (AvgIpc) is 2.79. The van der Waals surface area contributed by atoms with Gasteiger partial charge in [-0.15, -0.1) is 0 Å². The summed E-state index contributed by atoms with van der Waals surface area (Å²) in [6, 6.07) is 5.57. The topological polar surface area (TPSA) is 23.5 Å². The van der Waals surface area contributed by atoms with Gasteiger partial charge >= 0.3 is 0 Å². The summed E-state index contributed by atoms with van der Waals surface area (Å²) in [6.07, 6.45) is 2.38. The number of rotatable bonds is 3. The first kappa shape index (κ1) is 12.2. The van der Waals surface area contributed by atoms with Crippen molar-refractivity contribution < 1.29 is 5.11 Å². The molecule has 1 fully saturated rings. The first-order chi connectivity index (χ1) is 7.74. The molecule has 0 aliphatic carbocycles. The summed E-state index contributed by atoms with van der Waals surface area (Å²) >= 11 is 12.2. The molecule has 2 nitrogen and oxygen atoms in total. The molecule has 0 saturated carbocycles. The second-order valence-electron chi connectivity index (χ2n) is 4.08. The Morgan fingerprint density at radius 1 is 1.25 bits per heavy atom. The molecule has 0 unspecified atom stereocenters. The summed E-state index contributed by atoms with van der Waals surface area (Å²) in [5.74, 6) is 0. The summed E-state index contributed by atoms with van der Waals surface area (Å²) in [4.78, 5) is 2.26. The largest absolute Gasteiger partial charge is 0.394 e. The van der Waals surface area contributed by atoms with Crippen molar-refractivity contribution in [3.63, 3.8) is 0 Å². The fourth-order valence-electron chi connectivity index (χ4n) is 2.24. The van der Waals surface area contributed by atoms with E-state index in [1.54, 1.807) is 6.07 Å². The molecule has 1 N–H and O–H groups in total. The molecule has 1 heterocycles. The highest BCUT2D eigenvalue weighted by Crippen LogP contribution is 2.33. The average molecular weight is 260 g/mol. The van der Waals surface area contributed by atoms with Gasteiger partial charge in [0.2, 0.25) is 0 Å². The van der Waals surface area contributed by atoms with Crippen LogP contribution in [0.4, 0.5) is 0 Å². The van der Waals surface area contributed by atoms with E-state index < -0.39 is 0 Å². The molecule has 16 heavy (non-hydrogen) atoms. The molecule has 1 aromatic rings. The molecule has 88 valence electrons. The van der Waals surface area contributed by atoms with Gasteiger partial charge in [0.15, 0.2) is 0 Å². The van der Waals surface area contributed by atoms with E-state index in [-0.39, 0.29) is 12.6 Å². The monoisotopic (exact) mass is 259 g/mol. The Bertz CT molecular complexity index is 364. The van der Waals surface area contributed by atoms with Crippen molar-refractivity contribution in [1.82, 2.24) is 4.90 Å². The fraction of sp³-hybridized carbons (Fsp3) is 0.500. The molecule has 0 radical (unpaired) electrons. The smallest absolute Gasteiger partial charge is 0.0641 e. The summed E-state index contributed by atoms with van der Waals surface area (Å²) in [7, 11) is 0. The van der Waals surface area contributed by atoms with Crippen LogP contribution in [0.15, 0.2) is 18.2 Å². The third-order valence-corrected chi connectivity index (χ3v) is 3.93. The maximum absolute atomic E-state index is 9.51. The quantitative estimate of drug-likeness (QED) is 0.902. The predicted octanol–water partition coefficient (Wildman–Crippen LogP) is 3.12. The highest BCUT2D eigenvalue weighted by Gasteiger charge is 2.24. The van der Waals surface area contributed by atoms with Crippen LogP contribution in [0, 0.1) is 0 Å². The van der Waals surface area contributed by atoms with Gasteiger partial charge in [0.05, 0.1) is 22.7 Å². The third kappa shape index (κ3) is 2.35. The molecule has 2 rings (SSSR count). The minimum Gasteiger partial charge on any atom is -0.394 e. The van der Waals surface area contributed by atoms with Gasteiger partial charge in [-0.3, -0.25) is 4.90 Å². The Hall–Kier alpha value is -0.280. The molecule has 0 spiro atoms. The summed E-state index contributed by atoms with van der Waals surface area (Å²) in [5, 5.41) is 10.6. The van der Waals surface area contributed by atoms with Gasteiger partial charge in [-0.1, -0.05) is 35.3 Å². The minimum atomic E-state index is -0.0197. The normalized spacial score (nSPS) is 18.9. The second kappa shape index (κ2) is 5.37. The zero-order chi connectivity index (χ0) is 11.5. The lowest BCUT2D eigenvalue weighted by atomic mass is 10.1. The Kier molecular flexibility index (Phi) is 4.09. The maximum Gasteiger partial charge on any atom is 0.0641 e. The molecule has 0 bridgehead atoms. The Morgan fingerprint density at radius 2 is 1.94 bits per heavy atom. The third-order valence-electron chi connectivity index (χ3n) is 3.09. The van der Waals surface area contributed by atoms with Crippen LogP contribution < -0.4 is 0 Å². The number of hydrogen-bond donors (Lipinski definition) is 1. The first-order valence-corrected chi connectivity index (χ1v) is 6.28. The van der Waals surface area contributed by atoms with Crippen molar-refractivity contribution in [3.8, 4) is 0 Å². The van der Waals surface area contributed by atoms with Gasteiger partial charge in [-0.2, -0.15) is 0 Å². The number of nitrogens with zero attached hydrogens (tertiary/aromatic N) is 1. The Balaban J connectivity index is 2.28. The van der Waals surface area contributed by atoms with Crippen LogP contribution in [0.25, 0.3) is 0 Å². The summed E-state index contributed by atoms with van der Waals surface area (Å²) < 4.78 is 0. The van der Waals surface area contributed by atoms with E-state index in [0.717, 1.165) is 18.7 Å². The van der Waals surface area contributed by atoms with Crippen LogP contribution in [0.2, 0.25) is 10.0 Å². The van der Waals surface area contributed by atoms with Gasteiger partial charge in [0, 0.05) is 0 Å². The van der Waals surface area contributed by atoms with Gasteiger partial charge in [-0.25, -0.2) is 0 Å². The molecular weight excluding hydrogens is 245 g/mol. The lowest BCUT2D eigenvalue weighted by Crippen LogP contribution is -2.28. The molecule has 0 aromatic heterocycles. The highest BCUT2D eigenvalue weighted by molar-refractivity contribution is 6.42. The van der Waals surface area contributed by atoms with E-state index in [0.29, 0.717) is 10.0 Å². The standard InChI is InChI=1S/C12H15Cl2NO/c13-10-5-3-4-9(12(10)14)11(8-16)15-6-1-2-7-15/h3-5,11,16H,1-2,6-8H2/t11-/m1/s1. The minimum absolute atomic E-state index is 0.0197. The molecule has 0 amide bonds. The van der Waals surface area contributed by atoms with Gasteiger partial charge in [0.1, 0.15) is 0 Å². The van der Waals surface area contributed by atoms with Crippen molar-refractivity contribution in [1.29, 1.82) is 0 Å². The van der Waals surface area contributed by atoms with E-state index in [2.05, 4.69) is 4.90 Å². The molecule has 4 heteroatoms. The van der Waals surface area contributed by atoms with Gasteiger partial charge in [-0.05, 0) is 37.6 Å². The number of likely N-dealkylation sites (tertiary alicyclic amines) is 1. The lowest BCUT2D eigenvalue weighted by Gasteiger charge is -2.27. The van der Waals surface area contributed by atoms with Crippen LogP contribution in [0.1, 0.15) is 24.4 Å². The van der Waals surface area contributed by atoms with Crippen molar-refractivity contribution in [2.24, 2.45) is 0 Å². The fourth-order valence-corrected chi connectivity index (χ4v) is 2.68. The summed E-state index contributed by atoms with van der Waals surface area (Å²) in [6.45, 7) is 2.13. The van der Waals surface area contributed by atoms with Crippen molar-refractivity contribution in [3.05, 3.63) is 33.8 Å². The van der Waals surface area contributed by atoms with Crippen LogP contribution >= 0.6 is 23.2 Å². The number of aliphatic hydroxyl groups excluding tert-OH is 1. The van der Waals surface area contributed by atoms with E-state index in [9.17, 15) is 5.11 Å². The molecule has 1 aromatic carbocycles. The summed E-state index contributed by atoms with van der Waals surface area (Å²) in [5.41, 5.74) is 0.929. The molecule has 1 atom stereocenters. The lowest BCUT2D eigenvalue weighted by molar-refractivity contribution is 0.147. The van der Waals surface area contributed by atoms with Crippen LogP contribution in [-0.4, -0.2) is 29.7 Å². The Labute approximate surface area is 106 Å². The second-order valence-corrected chi connectivity index (χ2v) is 4.87. The van der Waals surface area contributed by atoms with E-state index in [4.69, 9.17) is 23.2 Å². The first-order valence-electron chi connectivity index (χ1n) is 5.53. The molecule has 1 saturated heterocycles. The van der Waals surface area contributed by atoms with Crippen LogP contribution in [0.3, 0.4) is 0 Å². The number of halogens is 2. The SMILES string of the molecule is OC[C@H](c1cccc(Cl)c1Cl)N1CCCC1. The number of hydrogen-bond acceptors (Lipinski definition) is 2. The van der Waals surface area contributed by atoms with Gasteiger partial charge in [0.25, 0.3) is 0 Å². The van der Waals surface area contributed by atoms with Crippen molar-refractivity contribution in [2.75, 3.05) is 19.7 Å². The Morgan fingerprint density at radius 3 is 2.56 bits per heavy atom. The zero-order valence-electron chi connectivity index (χ0n) is 9.00. The van der Waals surface area contributed by atoms with E-state index >= 15 is 0 Å². The van der Waals surface area contributed by atoms with Crippen LogP contribution in [0.5, 0.6) is 0 Å². The number of aliphatic hydroxyl groups is 1. The molecule has 1 aliphatic heterocycles. The highest BCUT2D eigenvalue weighted by atomic mass is 35.5. The molecule has 1 aliphatic rings. The van der Waals surface area contributed by atoms with Crippen LogP contribution in [-0.2, 0) is 0 Å². The van der Waals surface area contributed by atoms with E-state index in [1.165, 1.54) is 12.8 Å².